The largest absolute Gasteiger partial charge is 0.497 e. The molecule has 0 fully saturated rings. The van der Waals surface area contributed by atoms with E-state index in [1.54, 1.807) is 74.7 Å². The number of aromatic nitrogens is 3. The molecule has 6 nitrogen and oxygen atoms in total. The monoisotopic (exact) mass is 497 g/mol. The Balaban J connectivity index is 1.68. The summed E-state index contributed by atoms with van der Waals surface area (Å²) >= 11 is 5.92. The van der Waals surface area contributed by atoms with Gasteiger partial charge in [0, 0.05) is 10.6 Å². The van der Waals surface area contributed by atoms with Gasteiger partial charge < -0.3 is 9.47 Å². The Morgan fingerprint density at radius 1 is 0.971 bits per heavy atom. The number of carbonyl (C=O) groups is 1. The second-order valence-electron chi connectivity index (χ2n) is 7.67. The van der Waals surface area contributed by atoms with Crippen molar-refractivity contribution < 1.29 is 23.0 Å². The van der Waals surface area contributed by atoms with Gasteiger partial charge in [-0.1, -0.05) is 65.3 Å². The second kappa shape index (κ2) is 10.2. The van der Waals surface area contributed by atoms with E-state index >= 15 is 8.78 Å². The van der Waals surface area contributed by atoms with Crippen LogP contribution < -0.4 is 4.74 Å². The van der Waals surface area contributed by atoms with E-state index in [2.05, 4.69) is 10.3 Å². The van der Waals surface area contributed by atoms with Gasteiger partial charge >= 0.3 is 11.9 Å². The summed E-state index contributed by atoms with van der Waals surface area (Å²) in [6.07, 6.45) is 0. The normalized spacial score (nSPS) is 11.3. The van der Waals surface area contributed by atoms with Gasteiger partial charge in [-0.15, -0.1) is 5.10 Å². The topological polar surface area (TPSA) is 66.2 Å². The highest BCUT2D eigenvalue weighted by Gasteiger charge is 2.43. The highest BCUT2D eigenvalue weighted by molar-refractivity contribution is 6.30. The number of rotatable bonds is 8. The van der Waals surface area contributed by atoms with Gasteiger partial charge in [0.05, 0.1) is 20.3 Å². The Morgan fingerprint density at radius 2 is 1.57 bits per heavy atom. The smallest absolute Gasteiger partial charge is 0.358 e. The lowest BCUT2D eigenvalue weighted by atomic mass is 9.99. The molecule has 0 saturated carbocycles. The van der Waals surface area contributed by atoms with E-state index < -0.39 is 23.3 Å². The molecule has 1 aromatic heterocycles. The number of methoxy groups -OCH3 is 1. The zero-order valence-electron chi connectivity index (χ0n) is 19.0. The first kappa shape index (κ1) is 24.3. The summed E-state index contributed by atoms with van der Waals surface area (Å²) in [4.78, 5) is 12.7. The van der Waals surface area contributed by atoms with Crippen LogP contribution in [0.4, 0.5) is 8.78 Å². The summed E-state index contributed by atoms with van der Waals surface area (Å²) in [6.45, 7) is 1.67. The zero-order valence-corrected chi connectivity index (χ0v) is 19.8. The van der Waals surface area contributed by atoms with Gasteiger partial charge in [-0.25, -0.2) is 9.48 Å². The van der Waals surface area contributed by atoms with Crippen molar-refractivity contribution in [3.63, 3.8) is 0 Å². The summed E-state index contributed by atoms with van der Waals surface area (Å²) in [5.74, 6) is -3.86. The van der Waals surface area contributed by atoms with Crippen molar-refractivity contribution in [2.45, 2.75) is 19.4 Å². The molecule has 1 heterocycles. The van der Waals surface area contributed by atoms with E-state index in [4.69, 9.17) is 21.1 Å². The molecule has 180 valence electrons. The van der Waals surface area contributed by atoms with E-state index in [-0.39, 0.29) is 18.7 Å². The summed E-state index contributed by atoms with van der Waals surface area (Å²) < 4.78 is 42.6. The highest BCUT2D eigenvalue weighted by atomic mass is 35.5. The van der Waals surface area contributed by atoms with Crippen LogP contribution in [0, 0.1) is 0 Å². The molecule has 3 aromatic carbocycles. The Morgan fingerprint density at radius 3 is 2.14 bits per heavy atom. The number of alkyl halides is 2. The van der Waals surface area contributed by atoms with Gasteiger partial charge in [0.25, 0.3) is 0 Å². The zero-order chi connectivity index (χ0) is 25.0. The quantitative estimate of drug-likeness (QED) is 0.280. The number of hydrogen-bond donors (Lipinski definition) is 0. The summed E-state index contributed by atoms with van der Waals surface area (Å²) in [6, 6.07) is 19.8. The van der Waals surface area contributed by atoms with Gasteiger partial charge in [-0.3, -0.25) is 0 Å². The number of carbonyl (C=O) groups excluding carboxylic acids is 1. The number of hydrogen-bond acceptors (Lipinski definition) is 5. The van der Waals surface area contributed by atoms with Crippen LogP contribution in [0.2, 0.25) is 5.02 Å². The van der Waals surface area contributed by atoms with E-state index in [0.29, 0.717) is 10.8 Å². The van der Waals surface area contributed by atoms with Gasteiger partial charge in [-0.2, -0.15) is 8.78 Å². The molecule has 4 rings (SSSR count). The Labute approximate surface area is 206 Å². The minimum absolute atomic E-state index is 0.0212. The fraction of sp³-hybridized carbons (Fsp3) is 0.192. The first-order chi connectivity index (χ1) is 16.8. The molecular formula is C26H22ClF2N3O3. The third kappa shape index (κ3) is 5.17. The number of benzene rings is 3. The van der Waals surface area contributed by atoms with Crippen molar-refractivity contribution >= 4 is 17.6 Å². The summed E-state index contributed by atoms with van der Waals surface area (Å²) in [5, 5.41) is 8.16. The van der Waals surface area contributed by atoms with Crippen LogP contribution in [0.5, 0.6) is 5.75 Å². The van der Waals surface area contributed by atoms with Crippen LogP contribution in [0.3, 0.4) is 0 Å². The van der Waals surface area contributed by atoms with Crippen LogP contribution in [-0.4, -0.2) is 34.7 Å². The summed E-state index contributed by atoms with van der Waals surface area (Å²) in [7, 11) is 1.54. The van der Waals surface area contributed by atoms with E-state index in [1.165, 1.54) is 12.1 Å². The molecule has 4 aromatic rings. The Bertz CT molecular complexity index is 1310. The average molecular weight is 498 g/mol. The Hall–Kier alpha value is -3.78. The standard InChI is InChI=1S/C26H22ClF2N3O3/c1-3-35-25(33)23-24(30-31-32(23)16-17-4-14-22(34-2)15-5-17)26(28,29)20-10-6-18(7-11-20)19-8-12-21(27)13-9-19/h4-15H,3,16H2,1-2H3. The van der Waals surface area contributed by atoms with E-state index in [1.807, 2.05) is 0 Å². The molecule has 0 aliphatic rings. The van der Waals surface area contributed by atoms with Crippen molar-refractivity contribution in [3.05, 3.63) is 100 Å². The highest BCUT2D eigenvalue weighted by Crippen LogP contribution is 2.37. The molecule has 0 saturated heterocycles. The van der Waals surface area contributed by atoms with E-state index in [0.717, 1.165) is 21.4 Å². The van der Waals surface area contributed by atoms with Gasteiger partial charge in [0.1, 0.15) is 5.75 Å². The third-order valence-electron chi connectivity index (χ3n) is 5.42. The SMILES string of the molecule is CCOC(=O)c1c(C(F)(F)c2ccc(-c3ccc(Cl)cc3)cc2)nnn1Cc1ccc(OC)cc1. The minimum atomic E-state index is -3.58. The third-order valence-corrected chi connectivity index (χ3v) is 5.67. The molecule has 35 heavy (non-hydrogen) atoms. The van der Waals surface area contributed by atoms with Gasteiger partial charge in [0.15, 0.2) is 11.4 Å². The molecule has 9 heteroatoms. The van der Waals surface area contributed by atoms with Crippen molar-refractivity contribution in [1.82, 2.24) is 15.0 Å². The number of nitrogens with zero attached hydrogens (tertiary/aromatic N) is 3. The van der Waals surface area contributed by atoms with Crippen LogP contribution in [0.1, 0.15) is 34.2 Å². The lowest BCUT2D eigenvalue weighted by Crippen LogP contribution is -2.23. The fourth-order valence-electron chi connectivity index (χ4n) is 3.59. The molecule has 0 aliphatic carbocycles. The van der Waals surface area contributed by atoms with Crippen LogP contribution in [0.25, 0.3) is 11.1 Å². The molecule has 0 amide bonds. The molecule has 0 N–H and O–H groups in total. The van der Waals surface area contributed by atoms with Crippen molar-refractivity contribution in [3.8, 4) is 16.9 Å². The number of halogens is 3. The lowest BCUT2D eigenvalue weighted by Gasteiger charge is -2.16. The first-order valence-corrected chi connectivity index (χ1v) is 11.2. The molecule has 0 atom stereocenters. The molecule has 0 radical (unpaired) electrons. The second-order valence-corrected chi connectivity index (χ2v) is 8.11. The van der Waals surface area contributed by atoms with E-state index in [9.17, 15) is 4.79 Å². The minimum Gasteiger partial charge on any atom is -0.497 e. The van der Waals surface area contributed by atoms with Gasteiger partial charge in [0.2, 0.25) is 0 Å². The molecule has 0 aliphatic heterocycles. The lowest BCUT2D eigenvalue weighted by molar-refractivity contribution is 0.0315. The van der Waals surface area contributed by atoms with Crippen LogP contribution in [0.15, 0.2) is 72.8 Å². The first-order valence-electron chi connectivity index (χ1n) is 10.8. The summed E-state index contributed by atoms with van der Waals surface area (Å²) in [5.41, 5.74) is 0.829. The van der Waals surface area contributed by atoms with Crippen molar-refractivity contribution in [1.29, 1.82) is 0 Å². The fourth-order valence-corrected chi connectivity index (χ4v) is 3.72. The predicted molar refractivity (Wildman–Crippen MR) is 128 cm³/mol. The predicted octanol–water partition coefficient (Wildman–Crippen LogP) is 5.97. The Kier molecular flexibility index (Phi) is 7.12. The van der Waals surface area contributed by atoms with Crippen molar-refractivity contribution in [2.75, 3.05) is 13.7 Å². The molecular weight excluding hydrogens is 476 g/mol. The van der Waals surface area contributed by atoms with Crippen LogP contribution >= 0.6 is 11.6 Å². The maximum Gasteiger partial charge on any atom is 0.358 e. The molecule has 0 spiro atoms. The maximum absolute atomic E-state index is 15.6. The molecule has 0 bridgehead atoms. The number of esters is 1. The van der Waals surface area contributed by atoms with Crippen molar-refractivity contribution in [2.24, 2.45) is 0 Å². The molecule has 0 unspecified atom stereocenters. The van der Waals surface area contributed by atoms with Crippen LogP contribution in [-0.2, 0) is 17.2 Å². The number of ether oxygens (including phenoxy) is 2. The maximum atomic E-state index is 15.6. The van der Waals surface area contributed by atoms with Gasteiger partial charge in [-0.05, 0) is 47.9 Å². The average Bonchev–Trinajstić information content (AvgIpc) is 3.30.